The Morgan fingerprint density at radius 1 is 1.06 bits per heavy atom. The molecule has 3 nitrogen and oxygen atoms in total. The van der Waals surface area contributed by atoms with Crippen LogP contribution in [0.25, 0.3) is 0 Å². The minimum absolute atomic E-state index is 0. The summed E-state index contributed by atoms with van der Waals surface area (Å²) in [6.07, 6.45) is 13.8. The van der Waals surface area contributed by atoms with E-state index in [-0.39, 0.29) is 16.5 Å². The molecule has 1 spiro atoms. The monoisotopic (exact) mass is 433 g/mol. The smallest absolute Gasteiger partial charge is 0.122 e. The van der Waals surface area contributed by atoms with E-state index in [0.29, 0.717) is 22.9 Å². The Morgan fingerprint density at radius 2 is 1.87 bits per heavy atom. The Kier molecular flexibility index (Phi) is 5.24. The molecule has 0 aromatic carbocycles. The number of aliphatic hydroxyl groups is 1. The fourth-order valence-corrected chi connectivity index (χ4v) is 9.84. The first kappa shape index (κ1) is 22.3. The molecule has 0 radical (unpaired) electrons. The van der Waals surface area contributed by atoms with Gasteiger partial charge < -0.3 is 9.84 Å². The summed E-state index contributed by atoms with van der Waals surface area (Å²) >= 11 is 0. The highest BCUT2D eigenvalue weighted by Gasteiger charge is 2.68. The van der Waals surface area contributed by atoms with Crippen LogP contribution >= 0.6 is 0 Å². The summed E-state index contributed by atoms with van der Waals surface area (Å²) in [5.74, 6) is 4.58. The molecule has 2 saturated heterocycles. The van der Waals surface area contributed by atoms with Gasteiger partial charge in [-0.2, -0.15) is 0 Å². The second-order valence-corrected chi connectivity index (χ2v) is 12.8. The largest absolute Gasteiger partial charge is 0.393 e. The molecule has 0 aromatic heterocycles. The number of allylic oxidation sites excluding steroid dienone is 1. The number of hydrogen-bond acceptors (Lipinski definition) is 3. The average molecular weight is 434 g/mol. The normalized spacial score (nSPS) is 57.9. The van der Waals surface area contributed by atoms with Gasteiger partial charge in [-0.15, -0.1) is 0 Å². The molecule has 31 heavy (non-hydrogen) atoms. The average Bonchev–Trinajstić information content (AvgIpc) is 3.16. The predicted molar refractivity (Wildman–Crippen MR) is 122 cm³/mol. The van der Waals surface area contributed by atoms with Crippen LogP contribution in [0.5, 0.6) is 0 Å². The fraction of sp³-hybridized carbons (Fsp3) is 0.926. The molecule has 176 valence electrons. The van der Waals surface area contributed by atoms with E-state index in [4.69, 9.17) is 4.74 Å². The topological polar surface area (TPSA) is 41.5 Å². The van der Waals surface area contributed by atoms with Gasteiger partial charge in [0.1, 0.15) is 5.72 Å². The van der Waals surface area contributed by atoms with Crippen molar-refractivity contribution in [2.75, 3.05) is 6.54 Å². The zero-order valence-corrected chi connectivity index (χ0v) is 20.0. The van der Waals surface area contributed by atoms with Crippen molar-refractivity contribution in [2.45, 2.75) is 103 Å². The molecule has 5 fully saturated rings. The number of fused-ring (bicyclic) bond motifs is 7. The third kappa shape index (κ3) is 2.93. The lowest BCUT2D eigenvalue weighted by Crippen LogP contribution is -2.57. The number of nitrogens with one attached hydrogen (secondary N) is 1. The Bertz CT molecular complexity index is 746. The Balaban J connectivity index is 0.00000204. The van der Waals surface area contributed by atoms with Crippen molar-refractivity contribution >= 4 is 0 Å². The van der Waals surface area contributed by atoms with E-state index in [9.17, 15) is 5.11 Å². The van der Waals surface area contributed by atoms with Crippen LogP contribution < -0.4 is 5.32 Å². The van der Waals surface area contributed by atoms with Gasteiger partial charge in [0.05, 0.1) is 12.2 Å². The molecule has 6 aliphatic rings. The SMILES string of the molecule is C[C@@H]1CC[C@@]2(NC1)O[C@H]1C[C@H]3[C@@H]4CC=C5C[C@@H](O)CC[C@]5(C)[C@H]4CC[C@]3(C)[C@H]1[C@@H]2C.F. The second kappa shape index (κ2) is 7.27. The van der Waals surface area contributed by atoms with Gasteiger partial charge in [0, 0.05) is 12.5 Å². The fourth-order valence-electron chi connectivity index (χ4n) is 9.84. The van der Waals surface area contributed by atoms with Crippen molar-refractivity contribution in [3.05, 3.63) is 11.6 Å². The van der Waals surface area contributed by atoms with Gasteiger partial charge in [0.15, 0.2) is 0 Å². The molecule has 0 aromatic rings. The van der Waals surface area contributed by atoms with E-state index in [1.54, 1.807) is 5.57 Å². The van der Waals surface area contributed by atoms with E-state index in [1.807, 2.05) is 0 Å². The van der Waals surface area contributed by atoms with Crippen LogP contribution in [0.3, 0.4) is 0 Å². The Morgan fingerprint density at radius 3 is 2.61 bits per heavy atom. The van der Waals surface area contributed by atoms with Gasteiger partial charge in [0.25, 0.3) is 0 Å². The molecule has 0 bridgehead atoms. The summed E-state index contributed by atoms with van der Waals surface area (Å²) in [5, 5.41) is 14.1. The number of ether oxygens (including phenoxy) is 1. The summed E-state index contributed by atoms with van der Waals surface area (Å²) in [7, 11) is 0. The van der Waals surface area contributed by atoms with E-state index < -0.39 is 0 Å². The van der Waals surface area contributed by atoms with E-state index >= 15 is 0 Å². The number of rotatable bonds is 0. The van der Waals surface area contributed by atoms with E-state index in [1.165, 1.54) is 44.9 Å². The molecule has 11 atom stereocenters. The van der Waals surface area contributed by atoms with Crippen LogP contribution in [0.2, 0.25) is 0 Å². The van der Waals surface area contributed by atoms with Gasteiger partial charge in [-0.25, -0.2) is 0 Å². The Labute approximate surface area is 188 Å². The van der Waals surface area contributed by atoms with Crippen molar-refractivity contribution in [3.63, 3.8) is 0 Å². The summed E-state index contributed by atoms with van der Waals surface area (Å²) in [4.78, 5) is 0. The molecule has 6 rings (SSSR count). The van der Waals surface area contributed by atoms with Crippen LogP contribution in [0.15, 0.2) is 11.6 Å². The maximum absolute atomic E-state index is 10.3. The molecule has 2 aliphatic heterocycles. The van der Waals surface area contributed by atoms with Crippen LogP contribution in [0.1, 0.15) is 85.5 Å². The summed E-state index contributed by atoms with van der Waals surface area (Å²) in [5.41, 5.74) is 2.33. The number of halogens is 1. The third-order valence-corrected chi connectivity index (χ3v) is 11.6. The first-order valence-electron chi connectivity index (χ1n) is 13.1. The van der Waals surface area contributed by atoms with Crippen LogP contribution in [0.4, 0.5) is 4.70 Å². The zero-order valence-electron chi connectivity index (χ0n) is 20.0. The quantitative estimate of drug-likeness (QED) is 0.500. The van der Waals surface area contributed by atoms with Gasteiger partial charge in [-0.3, -0.25) is 10.0 Å². The highest BCUT2D eigenvalue weighted by Crippen LogP contribution is 2.70. The minimum atomic E-state index is -0.100. The summed E-state index contributed by atoms with van der Waals surface area (Å²) in [6, 6.07) is 0. The lowest BCUT2D eigenvalue weighted by atomic mass is 9.47. The molecule has 4 heteroatoms. The molecular weight excluding hydrogens is 389 g/mol. The van der Waals surface area contributed by atoms with E-state index in [0.717, 1.165) is 49.0 Å². The first-order chi connectivity index (χ1) is 14.3. The Hall–Kier alpha value is -0.450. The molecule has 3 saturated carbocycles. The van der Waals surface area contributed by atoms with Crippen molar-refractivity contribution in [3.8, 4) is 0 Å². The maximum Gasteiger partial charge on any atom is 0.122 e. The van der Waals surface area contributed by atoms with Gasteiger partial charge in [-0.05, 0) is 98.2 Å². The van der Waals surface area contributed by atoms with Crippen LogP contribution in [0, 0.1) is 46.3 Å². The van der Waals surface area contributed by atoms with Crippen LogP contribution in [-0.2, 0) is 4.74 Å². The standard InChI is InChI=1S/C27H43NO2.FH/c1-16-7-12-27(28-15-16)17(2)24-23(30-27)14-22-20-6-5-18-13-19(29)8-10-25(18,3)21(20)9-11-26(22,24)4;/h5,16-17,19-24,28-29H,6-15H2,1-4H3;1H/t16-,17+,19+,20-,21+,22+,23+,24+,25+,26+,27-;/m1./s1. The molecule has 2 heterocycles. The van der Waals surface area contributed by atoms with Gasteiger partial charge in [0.2, 0.25) is 0 Å². The zero-order chi connectivity index (χ0) is 20.9. The van der Waals surface area contributed by atoms with E-state index in [2.05, 4.69) is 39.1 Å². The lowest BCUT2D eigenvalue weighted by molar-refractivity contribution is -0.115. The van der Waals surface area contributed by atoms with Gasteiger partial charge >= 0.3 is 0 Å². The minimum Gasteiger partial charge on any atom is -0.393 e. The maximum atomic E-state index is 10.3. The van der Waals surface area contributed by atoms with Crippen molar-refractivity contribution in [2.24, 2.45) is 46.3 Å². The highest BCUT2D eigenvalue weighted by molar-refractivity contribution is 5.26. The van der Waals surface area contributed by atoms with Crippen molar-refractivity contribution in [1.82, 2.24) is 5.32 Å². The molecule has 0 unspecified atom stereocenters. The summed E-state index contributed by atoms with van der Waals surface area (Å²) in [6.45, 7) is 11.2. The number of hydrogen-bond donors (Lipinski definition) is 2. The molecule has 0 amide bonds. The van der Waals surface area contributed by atoms with Crippen LogP contribution in [-0.4, -0.2) is 29.6 Å². The van der Waals surface area contributed by atoms with Gasteiger partial charge in [-0.1, -0.05) is 39.3 Å². The molecular formula is C27H44FNO2. The molecule has 4 aliphatic carbocycles. The van der Waals surface area contributed by atoms with Crippen molar-refractivity contribution < 1.29 is 14.5 Å². The predicted octanol–water partition coefficient (Wildman–Crippen LogP) is 5.44. The summed E-state index contributed by atoms with van der Waals surface area (Å²) < 4.78 is 7.00. The molecule has 2 N–H and O–H groups in total. The number of aliphatic hydroxyl groups excluding tert-OH is 1. The highest BCUT2D eigenvalue weighted by atomic mass is 19.0. The number of piperidine rings is 1. The lowest BCUT2D eigenvalue weighted by Gasteiger charge is -2.58. The second-order valence-electron chi connectivity index (χ2n) is 12.8. The first-order valence-corrected chi connectivity index (χ1v) is 13.1. The third-order valence-electron chi connectivity index (χ3n) is 11.6. The van der Waals surface area contributed by atoms with Crippen molar-refractivity contribution in [1.29, 1.82) is 0 Å².